The number of rotatable bonds is 4. The number of aromatic hydroxyl groups is 1. The zero-order valence-electron chi connectivity index (χ0n) is 33.6. The second-order valence-corrected chi connectivity index (χ2v) is 14.8. The van der Waals surface area contributed by atoms with Gasteiger partial charge in [-0.15, -0.1) is 0 Å². The molecule has 0 unspecified atom stereocenters. The van der Waals surface area contributed by atoms with Crippen LogP contribution in [0.3, 0.4) is 0 Å². The number of amides is 2. The molecule has 2 heterocycles. The summed E-state index contributed by atoms with van der Waals surface area (Å²) in [4.78, 5) is 92.7. The van der Waals surface area contributed by atoms with E-state index in [1.807, 2.05) is 0 Å². The number of carboxylic acids is 1. The molecule has 14 nitrogen and oxygen atoms in total. The van der Waals surface area contributed by atoms with Crippen LogP contribution in [0.1, 0.15) is 97.4 Å². The lowest BCUT2D eigenvalue weighted by molar-refractivity contribution is -0.141. The fourth-order valence-corrected chi connectivity index (χ4v) is 6.45. The standard InChI is InChI=1S/C44H52N2O12/c1-22-12-10-8-9-11-13-35(51)46-38-31(20-32(44(57)58)45-28(7)47)42(55)36-30(43(38)56)19-27(6)41(54)37(36)40(53)26(5)18-25(4)39(52)24(3)15-17-29(48)16-14-23(2)34(50)21-33(22)49/h8-15,17-19,22,24-25,29,32-33,39,48-49,52,54H,16,20-21H2,1-7H3,(H,45,47)(H,46,51)(H,57,58)/b9-8-,12-10+,13-11-,17-15+,23-14+,26-18+/t22-,24-,25-,29-,32-,33-,39-/m0/s1. The van der Waals surface area contributed by atoms with E-state index in [0.717, 1.165) is 13.0 Å². The van der Waals surface area contributed by atoms with Crippen LogP contribution in [0.15, 0.2) is 89.2 Å². The van der Waals surface area contributed by atoms with E-state index in [9.17, 15) is 59.1 Å². The summed E-state index contributed by atoms with van der Waals surface area (Å²) in [5.41, 5.74) is -2.13. The van der Waals surface area contributed by atoms with Gasteiger partial charge in [-0.1, -0.05) is 75.5 Å². The summed E-state index contributed by atoms with van der Waals surface area (Å²) in [6.45, 7) is 10.5. The number of Topliss-reactive ketones (excluding diaryl/α,β-unsaturated/α-hetero) is 4. The third kappa shape index (κ3) is 11.9. The summed E-state index contributed by atoms with van der Waals surface area (Å²) in [5, 5.41) is 58.0. The predicted octanol–water partition coefficient (Wildman–Crippen LogP) is 4.08. The van der Waals surface area contributed by atoms with E-state index in [-0.39, 0.29) is 35.3 Å². The van der Waals surface area contributed by atoms with Gasteiger partial charge in [-0.25, -0.2) is 4.79 Å². The number of fused-ring (bicyclic) bond motifs is 18. The van der Waals surface area contributed by atoms with Crippen LogP contribution in [0.2, 0.25) is 0 Å². The van der Waals surface area contributed by atoms with Crippen LogP contribution in [0.4, 0.5) is 0 Å². The molecule has 0 aromatic heterocycles. The summed E-state index contributed by atoms with van der Waals surface area (Å²) >= 11 is 0. The molecule has 1 aromatic carbocycles. The van der Waals surface area contributed by atoms with Gasteiger partial charge in [-0.2, -0.15) is 0 Å². The van der Waals surface area contributed by atoms with Crippen molar-refractivity contribution in [2.45, 2.75) is 92.1 Å². The maximum atomic E-state index is 14.4. The van der Waals surface area contributed by atoms with Crippen molar-refractivity contribution in [3.8, 4) is 5.75 Å². The molecule has 4 rings (SSSR count). The highest BCUT2D eigenvalue weighted by Gasteiger charge is 2.40. The van der Waals surface area contributed by atoms with Gasteiger partial charge in [0.05, 0.1) is 29.6 Å². The molecule has 2 aliphatic heterocycles. The van der Waals surface area contributed by atoms with Crippen LogP contribution < -0.4 is 10.6 Å². The number of aryl methyl sites for hydroxylation is 1. The Bertz CT molecular complexity index is 2060. The molecule has 2 amide bonds. The number of carbonyl (C=O) groups excluding carboxylic acids is 6. The van der Waals surface area contributed by atoms with Gasteiger partial charge in [0.15, 0.2) is 17.3 Å². The number of aliphatic hydroxyl groups is 3. The van der Waals surface area contributed by atoms with Crippen molar-refractivity contribution in [2.75, 3.05) is 0 Å². The van der Waals surface area contributed by atoms with Crippen molar-refractivity contribution in [3.05, 3.63) is 111 Å². The van der Waals surface area contributed by atoms with Crippen LogP contribution in [0.5, 0.6) is 5.75 Å². The van der Waals surface area contributed by atoms with Crippen molar-refractivity contribution >= 4 is 40.9 Å². The Morgan fingerprint density at radius 2 is 1.48 bits per heavy atom. The minimum atomic E-state index is -1.74. The van der Waals surface area contributed by atoms with Crippen molar-refractivity contribution in [2.24, 2.45) is 17.8 Å². The zero-order valence-corrected chi connectivity index (χ0v) is 33.6. The molecular weight excluding hydrogens is 748 g/mol. The van der Waals surface area contributed by atoms with Gasteiger partial charge >= 0.3 is 5.97 Å². The predicted molar refractivity (Wildman–Crippen MR) is 215 cm³/mol. The molecule has 310 valence electrons. The monoisotopic (exact) mass is 800 g/mol. The van der Waals surface area contributed by atoms with Crippen molar-refractivity contribution in [1.29, 1.82) is 0 Å². The first-order chi connectivity index (χ1) is 27.2. The third-order valence-corrected chi connectivity index (χ3v) is 10.0. The fourth-order valence-electron chi connectivity index (χ4n) is 6.45. The van der Waals surface area contributed by atoms with Crippen molar-refractivity contribution < 1.29 is 59.1 Å². The number of aliphatic carboxylic acids is 1. The highest BCUT2D eigenvalue weighted by Crippen LogP contribution is 2.38. The number of benzene rings is 1. The number of hydrogen-bond donors (Lipinski definition) is 7. The van der Waals surface area contributed by atoms with Crippen LogP contribution in [-0.2, 0) is 19.2 Å². The molecule has 7 N–H and O–H groups in total. The third-order valence-electron chi connectivity index (χ3n) is 10.0. The highest BCUT2D eigenvalue weighted by molar-refractivity contribution is 6.32. The van der Waals surface area contributed by atoms with Gasteiger partial charge in [0.25, 0.3) is 0 Å². The topological polar surface area (TPSA) is 245 Å². The van der Waals surface area contributed by atoms with Gasteiger partial charge in [-0.05, 0) is 50.0 Å². The Labute approximate surface area is 337 Å². The number of ketones is 4. The zero-order chi connectivity index (χ0) is 43.6. The lowest BCUT2D eigenvalue weighted by Crippen LogP contribution is -2.42. The second-order valence-electron chi connectivity index (χ2n) is 14.8. The Morgan fingerprint density at radius 1 is 0.828 bits per heavy atom. The molecule has 0 fully saturated rings. The SMILES string of the molecule is CC(=O)N[C@@H](CC1=C2NC(=O)\C=C/C=C\C=C\[C@H](C)[C@@H](O)CC(=O)/C(C)=C/C[C@H](O)/C=C/[C@H](C)[C@H](O)[C@@H](C)/C=C(\C)C(=O)c3c(O)c(C)cc(c3C1=O)C2=O)C(=O)O. The fraction of sp³-hybridized carbons (Fsp3) is 0.386. The quantitative estimate of drug-likeness (QED) is 0.213. The van der Waals surface area contributed by atoms with Gasteiger partial charge < -0.3 is 36.2 Å². The first-order valence-electron chi connectivity index (χ1n) is 18.8. The van der Waals surface area contributed by atoms with Crippen LogP contribution in [0.25, 0.3) is 0 Å². The number of nitrogens with one attached hydrogen (secondary N) is 2. The number of phenolic OH excluding ortho intramolecular Hbond substituents is 1. The molecular formula is C44H52N2O12. The summed E-state index contributed by atoms with van der Waals surface area (Å²) in [5.74, 6) is -8.68. The van der Waals surface area contributed by atoms with E-state index in [2.05, 4.69) is 10.6 Å². The molecule has 7 atom stereocenters. The van der Waals surface area contributed by atoms with Gasteiger partial charge in [-0.3, -0.25) is 28.8 Å². The Balaban J connectivity index is 2.21. The minimum Gasteiger partial charge on any atom is -0.507 e. The maximum absolute atomic E-state index is 14.4. The molecule has 14 heteroatoms. The van der Waals surface area contributed by atoms with E-state index < -0.39 is 112 Å². The lowest BCUT2D eigenvalue weighted by Gasteiger charge is -2.26. The van der Waals surface area contributed by atoms with Crippen molar-refractivity contribution in [1.82, 2.24) is 10.6 Å². The number of carboxylic acid groups (broad SMARTS) is 1. The molecule has 58 heavy (non-hydrogen) atoms. The van der Waals surface area contributed by atoms with Gasteiger partial charge in [0.2, 0.25) is 17.6 Å². The molecule has 0 spiro atoms. The number of phenols is 1. The summed E-state index contributed by atoms with van der Waals surface area (Å²) < 4.78 is 0. The largest absolute Gasteiger partial charge is 0.507 e. The summed E-state index contributed by atoms with van der Waals surface area (Å²) in [7, 11) is 0. The van der Waals surface area contributed by atoms with Crippen LogP contribution in [0, 0.1) is 24.7 Å². The number of carbonyl (C=O) groups is 7. The van der Waals surface area contributed by atoms with Gasteiger partial charge in [0.1, 0.15) is 11.8 Å². The molecule has 4 bridgehead atoms. The Hall–Kier alpha value is -5.83. The lowest BCUT2D eigenvalue weighted by atomic mass is 9.79. The minimum absolute atomic E-state index is 0.0146. The molecule has 0 saturated heterocycles. The Kier molecular flexibility index (Phi) is 16.5. The first kappa shape index (κ1) is 46.6. The molecule has 1 aromatic rings. The number of aliphatic hydroxyl groups excluding tert-OH is 3. The molecule has 0 radical (unpaired) electrons. The number of hydrogen-bond acceptors (Lipinski definition) is 11. The molecule has 3 aliphatic rings. The van der Waals surface area contributed by atoms with E-state index in [1.54, 1.807) is 52.0 Å². The van der Waals surface area contributed by atoms with Crippen LogP contribution in [-0.4, -0.2) is 90.8 Å². The van der Waals surface area contributed by atoms with E-state index in [0.29, 0.717) is 5.57 Å². The molecule has 0 saturated carbocycles. The average Bonchev–Trinajstić information content (AvgIpc) is 3.16. The van der Waals surface area contributed by atoms with E-state index in [4.69, 9.17) is 0 Å². The first-order valence-corrected chi connectivity index (χ1v) is 18.8. The van der Waals surface area contributed by atoms with Crippen LogP contribution >= 0.6 is 0 Å². The number of allylic oxidation sites excluding steroid dienone is 7. The summed E-state index contributed by atoms with van der Waals surface area (Å²) in [6.07, 6.45) is 10.7. The highest BCUT2D eigenvalue weighted by atomic mass is 16.4. The Morgan fingerprint density at radius 3 is 2.12 bits per heavy atom. The van der Waals surface area contributed by atoms with E-state index in [1.165, 1.54) is 50.3 Å². The average molecular weight is 801 g/mol. The van der Waals surface area contributed by atoms with Gasteiger partial charge in [0, 0.05) is 60.3 Å². The van der Waals surface area contributed by atoms with Crippen molar-refractivity contribution in [3.63, 3.8) is 0 Å². The smallest absolute Gasteiger partial charge is 0.326 e. The summed E-state index contributed by atoms with van der Waals surface area (Å²) in [6, 6.07) is -0.558. The second kappa shape index (κ2) is 20.5. The molecule has 1 aliphatic carbocycles. The van der Waals surface area contributed by atoms with E-state index >= 15 is 0 Å². The normalized spacial score (nSPS) is 29.0. The maximum Gasteiger partial charge on any atom is 0.326 e.